The Morgan fingerprint density at radius 3 is 2.37 bits per heavy atom. The standard InChI is InChI=1S/C42H42ClN9O7/c1-25-39-49-48-26(2)51(39)34-11-8-28(22-32(34)38(46-25)27-6-9-30(43)10-7-27)29-23-45-50(24-29)15-17-58-19-21-59-20-18-57-16-14-44-33-5-3-4-31-37(33)42(56)52(41(31)55)35-12-13-36(53)47-40(35)54/h3-11,22-25,35,44H,12-21H2,1-2H3,(H,47,53,54)/t25-,35?/m0/s1. The summed E-state index contributed by atoms with van der Waals surface area (Å²) >= 11 is 6.22. The van der Waals surface area contributed by atoms with E-state index in [4.69, 9.17) is 30.8 Å². The van der Waals surface area contributed by atoms with Gasteiger partial charge in [-0.15, -0.1) is 10.2 Å². The summed E-state index contributed by atoms with van der Waals surface area (Å²) in [5, 5.41) is 19.4. The van der Waals surface area contributed by atoms with E-state index in [1.807, 2.05) is 55.2 Å². The Morgan fingerprint density at radius 2 is 1.59 bits per heavy atom. The maximum Gasteiger partial charge on any atom is 0.264 e. The van der Waals surface area contributed by atoms with Crippen LogP contribution in [0, 0.1) is 6.92 Å². The van der Waals surface area contributed by atoms with Crippen LogP contribution in [0.25, 0.3) is 16.8 Å². The summed E-state index contributed by atoms with van der Waals surface area (Å²) in [4.78, 5) is 56.3. The molecule has 0 bridgehead atoms. The molecule has 3 aliphatic rings. The molecule has 2 atom stereocenters. The molecule has 59 heavy (non-hydrogen) atoms. The highest BCUT2D eigenvalue weighted by atomic mass is 35.5. The van der Waals surface area contributed by atoms with Gasteiger partial charge < -0.3 is 19.5 Å². The Bertz CT molecular complexity index is 2440. The first-order valence-corrected chi connectivity index (χ1v) is 19.8. The van der Waals surface area contributed by atoms with E-state index in [-0.39, 0.29) is 30.0 Å². The molecule has 304 valence electrons. The summed E-state index contributed by atoms with van der Waals surface area (Å²) in [5.41, 5.74) is 6.61. The number of aliphatic imine (C=N–C) groups is 1. The minimum Gasteiger partial charge on any atom is -0.382 e. The van der Waals surface area contributed by atoms with Crippen molar-refractivity contribution in [3.05, 3.63) is 112 Å². The SMILES string of the molecule is Cc1nnc2n1-c1ccc(-c3cnn(CCOCCOCCOCCNc4cccc5c4C(=O)N(C4CCC(=O)NC4=O)C5=O)c3)cc1C(c1ccc(Cl)cc1)=N[C@H]2C. The number of nitrogens with one attached hydrogen (secondary N) is 2. The molecule has 0 aliphatic carbocycles. The Kier molecular flexibility index (Phi) is 11.7. The number of hydrogen-bond acceptors (Lipinski definition) is 12. The van der Waals surface area contributed by atoms with Crippen LogP contribution in [0.5, 0.6) is 0 Å². The van der Waals surface area contributed by atoms with Gasteiger partial charge in [0.25, 0.3) is 11.8 Å². The van der Waals surface area contributed by atoms with Crippen LogP contribution in [0.4, 0.5) is 5.69 Å². The van der Waals surface area contributed by atoms with Crippen molar-refractivity contribution in [2.75, 3.05) is 51.5 Å². The van der Waals surface area contributed by atoms with Crippen molar-refractivity contribution in [1.29, 1.82) is 0 Å². The number of carbonyl (C=O) groups is 4. The van der Waals surface area contributed by atoms with Crippen molar-refractivity contribution in [3.63, 3.8) is 0 Å². The number of imide groups is 2. The van der Waals surface area contributed by atoms with Gasteiger partial charge in [0.2, 0.25) is 11.8 Å². The minimum atomic E-state index is -1.02. The van der Waals surface area contributed by atoms with E-state index in [9.17, 15) is 19.2 Å². The second kappa shape index (κ2) is 17.4. The molecule has 2 N–H and O–H groups in total. The number of benzene rings is 3. The first-order valence-electron chi connectivity index (χ1n) is 19.4. The predicted octanol–water partition coefficient (Wildman–Crippen LogP) is 4.57. The molecular formula is C42H42ClN9O7. The van der Waals surface area contributed by atoms with Crippen molar-refractivity contribution in [2.45, 2.75) is 45.3 Å². The number of aryl methyl sites for hydroxylation is 1. The number of amides is 4. The number of hydrogen-bond donors (Lipinski definition) is 2. The lowest BCUT2D eigenvalue weighted by Crippen LogP contribution is -2.54. The summed E-state index contributed by atoms with van der Waals surface area (Å²) in [7, 11) is 0. The van der Waals surface area contributed by atoms with Gasteiger partial charge in [-0.3, -0.25) is 43.6 Å². The lowest BCUT2D eigenvalue weighted by molar-refractivity contribution is -0.136. The zero-order valence-corrected chi connectivity index (χ0v) is 33.3. The third-order valence-electron chi connectivity index (χ3n) is 10.4. The highest BCUT2D eigenvalue weighted by Crippen LogP contribution is 2.35. The highest BCUT2D eigenvalue weighted by Gasteiger charge is 2.45. The molecule has 0 spiro atoms. The molecular weight excluding hydrogens is 778 g/mol. The van der Waals surface area contributed by atoms with Crippen LogP contribution in [0.15, 0.2) is 78.0 Å². The van der Waals surface area contributed by atoms with Gasteiger partial charge in [0.15, 0.2) is 5.82 Å². The zero-order valence-electron chi connectivity index (χ0n) is 32.5. The van der Waals surface area contributed by atoms with Crippen molar-refractivity contribution >= 4 is 46.6 Å². The quantitative estimate of drug-likeness (QED) is 0.105. The topological polar surface area (TPSA) is 184 Å². The zero-order chi connectivity index (χ0) is 41.0. The van der Waals surface area contributed by atoms with Gasteiger partial charge in [0.05, 0.1) is 74.9 Å². The Balaban J connectivity index is 0.759. The fourth-order valence-corrected chi connectivity index (χ4v) is 7.59. The van der Waals surface area contributed by atoms with Crippen LogP contribution >= 0.6 is 11.6 Å². The second-order valence-electron chi connectivity index (χ2n) is 14.3. The molecule has 1 unspecified atom stereocenters. The van der Waals surface area contributed by atoms with Crippen molar-refractivity contribution in [3.8, 4) is 16.8 Å². The van der Waals surface area contributed by atoms with Crippen molar-refractivity contribution in [2.24, 2.45) is 4.99 Å². The number of nitrogens with zero attached hydrogens (tertiary/aromatic N) is 7. The summed E-state index contributed by atoms with van der Waals surface area (Å²) in [6, 6.07) is 17.7. The number of piperidine rings is 1. The molecule has 4 amide bonds. The number of anilines is 1. The highest BCUT2D eigenvalue weighted by molar-refractivity contribution is 6.30. The van der Waals surface area contributed by atoms with Crippen molar-refractivity contribution in [1.82, 2.24) is 34.8 Å². The van der Waals surface area contributed by atoms with E-state index in [2.05, 4.69) is 48.7 Å². The first-order chi connectivity index (χ1) is 28.7. The van der Waals surface area contributed by atoms with E-state index in [0.29, 0.717) is 63.4 Å². The fraction of sp³-hybridized carbons (Fsp3) is 0.333. The number of aromatic nitrogens is 5. The molecule has 0 radical (unpaired) electrons. The van der Waals surface area contributed by atoms with Gasteiger partial charge in [-0.05, 0) is 62.2 Å². The monoisotopic (exact) mass is 819 g/mol. The van der Waals surface area contributed by atoms with Crippen LogP contribution < -0.4 is 10.6 Å². The van der Waals surface area contributed by atoms with Crippen LogP contribution in [0.1, 0.15) is 69.3 Å². The lowest BCUT2D eigenvalue weighted by atomic mass is 9.96. The third-order valence-corrected chi connectivity index (χ3v) is 10.6. The van der Waals surface area contributed by atoms with E-state index in [1.54, 1.807) is 18.2 Å². The molecule has 5 heterocycles. The summed E-state index contributed by atoms with van der Waals surface area (Å²) < 4.78 is 21.0. The number of halogens is 1. The van der Waals surface area contributed by atoms with Crippen molar-refractivity contribution < 1.29 is 33.4 Å². The number of ether oxygens (including phenoxy) is 3. The average molecular weight is 820 g/mol. The maximum absolute atomic E-state index is 13.3. The van der Waals surface area contributed by atoms with E-state index < -0.39 is 29.7 Å². The molecule has 0 saturated carbocycles. The fourth-order valence-electron chi connectivity index (χ4n) is 7.46. The average Bonchev–Trinajstić information content (AvgIpc) is 3.91. The first kappa shape index (κ1) is 39.7. The van der Waals surface area contributed by atoms with Gasteiger partial charge in [-0.2, -0.15) is 5.10 Å². The van der Waals surface area contributed by atoms with Gasteiger partial charge in [0.1, 0.15) is 17.9 Å². The summed E-state index contributed by atoms with van der Waals surface area (Å²) in [6.07, 6.45) is 4.01. The van der Waals surface area contributed by atoms with Crippen LogP contribution in [0.2, 0.25) is 5.02 Å². The van der Waals surface area contributed by atoms with E-state index in [0.717, 1.165) is 50.2 Å². The predicted molar refractivity (Wildman–Crippen MR) is 217 cm³/mol. The molecule has 3 aromatic carbocycles. The lowest BCUT2D eigenvalue weighted by Gasteiger charge is -2.27. The smallest absolute Gasteiger partial charge is 0.264 e. The molecule has 3 aliphatic heterocycles. The molecule has 1 saturated heterocycles. The molecule has 5 aromatic rings. The van der Waals surface area contributed by atoms with Crippen LogP contribution in [0.3, 0.4) is 0 Å². The molecule has 1 fully saturated rings. The van der Waals surface area contributed by atoms with E-state index in [1.165, 1.54) is 0 Å². The Hall–Kier alpha value is -6.07. The summed E-state index contributed by atoms with van der Waals surface area (Å²) in [5.74, 6) is -0.595. The third kappa shape index (κ3) is 8.29. The van der Waals surface area contributed by atoms with Crippen LogP contribution in [-0.4, -0.2) is 111 Å². The van der Waals surface area contributed by atoms with Gasteiger partial charge >= 0.3 is 0 Å². The number of rotatable bonds is 16. The molecule has 16 nitrogen and oxygen atoms in total. The normalized spacial score (nSPS) is 17.3. The minimum absolute atomic E-state index is 0.0622. The largest absolute Gasteiger partial charge is 0.382 e. The molecule has 17 heteroatoms. The number of fused-ring (bicyclic) bond motifs is 4. The van der Waals surface area contributed by atoms with Gasteiger partial charge in [-0.1, -0.05) is 35.9 Å². The molecule has 8 rings (SSSR count). The second-order valence-corrected chi connectivity index (χ2v) is 14.7. The maximum atomic E-state index is 13.3. The van der Waals surface area contributed by atoms with Gasteiger partial charge in [0, 0.05) is 46.6 Å². The summed E-state index contributed by atoms with van der Waals surface area (Å²) in [6.45, 7) is 7.26. The van der Waals surface area contributed by atoms with E-state index >= 15 is 0 Å². The van der Waals surface area contributed by atoms with Crippen LogP contribution in [-0.2, 0) is 30.3 Å². The Labute approximate surface area is 344 Å². The Morgan fingerprint density at radius 1 is 0.847 bits per heavy atom. The molecule has 2 aromatic heterocycles. The number of carbonyl (C=O) groups excluding carboxylic acids is 4. The van der Waals surface area contributed by atoms with Gasteiger partial charge in [-0.25, -0.2) is 0 Å².